The van der Waals surface area contributed by atoms with E-state index in [0.717, 1.165) is 0 Å². The fraction of sp³-hybridized carbons (Fsp3) is 0. The van der Waals surface area contributed by atoms with Crippen molar-refractivity contribution in [2.24, 2.45) is 0 Å². The van der Waals surface area contributed by atoms with E-state index in [1.807, 2.05) is 0 Å². The minimum absolute atomic E-state index is 0. The van der Waals surface area contributed by atoms with Gasteiger partial charge in [-0.05, 0) is 12.1 Å². The van der Waals surface area contributed by atoms with Gasteiger partial charge in [0.25, 0.3) is 0 Å². The summed E-state index contributed by atoms with van der Waals surface area (Å²) in [7, 11) is 0. The zero-order valence-electron chi connectivity index (χ0n) is 5.98. The summed E-state index contributed by atoms with van der Waals surface area (Å²) in [5.74, 6) is -1.34. The average molecular weight is 360 g/mol. The molecular formula is C7H5O4Pb-. The van der Waals surface area contributed by atoms with E-state index >= 15 is 0 Å². The second-order valence-corrected chi connectivity index (χ2v) is 1.88. The van der Waals surface area contributed by atoms with Gasteiger partial charge in [0.15, 0.2) is 0 Å². The molecule has 0 aromatic heterocycles. The van der Waals surface area contributed by atoms with E-state index in [4.69, 9.17) is 5.11 Å². The summed E-state index contributed by atoms with van der Waals surface area (Å²) < 4.78 is 0. The van der Waals surface area contributed by atoms with Crippen molar-refractivity contribution in [3.05, 3.63) is 29.8 Å². The summed E-state index contributed by atoms with van der Waals surface area (Å²) in [6, 6.07) is 5.65. The quantitative estimate of drug-likeness (QED) is 0.445. The molecular weight excluding hydrogens is 355 g/mol. The van der Waals surface area contributed by atoms with Crippen molar-refractivity contribution < 1.29 is 20.0 Å². The molecule has 0 aliphatic carbocycles. The molecule has 4 radical (unpaired) electrons. The molecule has 0 bridgehead atoms. The molecule has 0 spiro atoms. The molecule has 62 valence electrons. The Bertz CT molecular complexity index is 274. The van der Waals surface area contributed by atoms with E-state index in [-0.39, 0.29) is 38.6 Å². The molecule has 0 unspecified atom stereocenters. The van der Waals surface area contributed by atoms with Crippen LogP contribution in [-0.2, 0) is 0 Å². The van der Waals surface area contributed by atoms with Crippen LogP contribution in [0.25, 0.3) is 0 Å². The van der Waals surface area contributed by atoms with E-state index < -0.39 is 5.97 Å². The Morgan fingerprint density at radius 3 is 2.42 bits per heavy atom. The Balaban J connectivity index is 0.00000121. The van der Waals surface area contributed by atoms with Crippen molar-refractivity contribution in [1.29, 1.82) is 0 Å². The Morgan fingerprint density at radius 2 is 2.00 bits per heavy atom. The van der Waals surface area contributed by atoms with E-state index in [0.29, 0.717) is 0 Å². The second-order valence-electron chi connectivity index (χ2n) is 1.88. The third kappa shape index (κ3) is 2.45. The van der Waals surface area contributed by atoms with Gasteiger partial charge in [-0.15, -0.1) is 0 Å². The van der Waals surface area contributed by atoms with Gasteiger partial charge in [0.05, 0.1) is 0 Å². The Labute approximate surface area is 88.9 Å². The third-order valence-electron chi connectivity index (χ3n) is 1.21. The molecule has 1 N–H and O–H groups in total. The van der Waals surface area contributed by atoms with Crippen molar-refractivity contribution in [3.63, 3.8) is 0 Å². The SMILES string of the molecule is O=C(O)c1ccccc1O[O-].[Pb]. The van der Waals surface area contributed by atoms with Crippen LogP contribution in [0.5, 0.6) is 5.75 Å². The van der Waals surface area contributed by atoms with Crippen molar-refractivity contribution in [1.82, 2.24) is 0 Å². The van der Waals surface area contributed by atoms with Crippen LogP contribution < -0.4 is 10.1 Å². The predicted octanol–water partition coefficient (Wildman–Crippen LogP) is -0.342. The Kier molecular flexibility index (Phi) is 4.83. The molecule has 0 atom stereocenters. The van der Waals surface area contributed by atoms with Gasteiger partial charge in [-0.25, -0.2) is 4.79 Å². The number of hydrogen-bond acceptors (Lipinski definition) is 3. The Morgan fingerprint density at radius 1 is 1.42 bits per heavy atom. The van der Waals surface area contributed by atoms with Gasteiger partial charge in [-0.3, -0.25) is 0 Å². The smallest absolute Gasteiger partial charge is 0.339 e. The third-order valence-corrected chi connectivity index (χ3v) is 1.21. The van der Waals surface area contributed by atoms with Crippen molar-refractivity contribution in [2.45, 2.75) is 0 Å². The molecule has 0 aliphatic rings. The molecule has 5 heteroatoms. The largest absolute Gasteiger partial charge is 0.664 e. The van der Waals surface area contributed by atoms with Gasteiger partial charge < -0.3 is 15.3 Å². The van der Waals surface area contributed by atoms with Gasteiger partial charge in [0.2, 0.25) is 0 Å². The fourth-order valence-electron chi connectivity index (χ4n) is 0.716. The molecule has 0 saturated heterocycles. The van der Waals surface area contributed by atoms with Crippen LogP contribution in [0.2, 0.25) is 0 Å². The molecule has 0 saturated carbocycles. The molecule has 12 heavy (non-hydrogen) atoms. The van der Waals surface area contributed by atoms with Crippen LogP contribution in [0.15, 0.2) is 24.3 Å². The van der Waals surface area contributed by atoms with Crippen LogP contribution in [0.4, 0.5) is 0 Å². The number of aromatic carboxylic acids is 1. The first-order valence-corrected chi connectivity index (χ1v) is 2.88. The first kappa shape index (κ1) is 11.4. The molecule has 0 amide bonds. The van der Waals surface area contributed by atoms with Gasteiger partial charge in [0.1, 0.15) is 11.3 Å². The monoisotopic (exact) mass is 361 g/mol. The maximum absolute atomic E-state index is 10.4. The normalized spacial score (nSPS) is 8.42. The van der Waals surface area contributed by atoms with Gasteiger partial charge >= 0.3 is 5.97 Å². The summed E-state index contributed by atoms with van der Waals surface area (Å²) in [4.78, 5) is 13.9. The van der Waals surface area contributed by atoms with Crippen LogP contribution in [-0.4, -0.2) is 38.4 Å². The fourth-order valence-corrected chi connectivity index (χ4v) is 0.716. The predicted molar refractivity (Wildman–Crippen MR) is 39.8 cm³/mol. The number of benzene rings is 1. The van der Waals surface area contributed by atoms with Crippen LogP contribution in [0.3, 0.4) is 0 Å². The maximum atomic E-state index is 10.4. The van der Waals surface area contributed by atoms with Crippen LogP contribution >= 0.6 is 0 Å². The number of carboxylic acid groups (broad SMARTS) is 1. The topological polar surface area (TPSA) is 69.6 Å². The zero-order chi connectivity index (χ0) is 8.27. The zero-order valence-corrected chi connectivity index (χ0v) is 9.87. The number of rotatable bonds is 2. The first-order valence-electron chi connectivity index (χ1n) is 2.88. The number of carbonyl (C=O) groups is 1. The average Bonchev–Trinajstić information content (AvgIpc) is 2.04. The van der Waals surface area contributed by atoms with Gasteiger partial charge in [0, 0.05) is 27.3 Å². The van der Waals surface area contributed by atoms with Crippen molar-refractivity contribution in [3.8, 4) is 5.75 Å². The van der Waals surface area contributed by atoms with Crippen LogP contribution in [0, 0.1) is 0 Å². The van der Waals surface area contributed by atoms with Gasteiger partial charge in [-0.2, -0.15) is 0 Å². The molecule has 1 rings (SSSR count). The summed E-state index contributed by atoms with van der Waals surface area (Å²) in [5, 5.41) is 18.4. The summed E-state index contributed by atoms with van der Waals surface area (Å²) in [6.45, 7) is 0. The van der Waals surface area contributed by atoms with E-state index in [2.05, 4.69) is 4.89 Å². The maximum Gasteiger partial charge on any atom is 0.339 e. The number of carboxylic acids is 1. The van der Waals surface area contributed by atoms with E-state index in [1.165, 1.54) is 24.3 Å². The summed E-state index contributed by atoms with van der Waals surface area (Å²) in [6.07, 6.45) is 0. The minimum atomic E-state index is -1.17. The number of para-hydroxylation sites is 1. The molecule has 0 aliphatic heterocycles. The van der Waals surface area contributed by atoms with Crippen molar-refractivity contribution >= 4 is 33.3 Å². The standard InChI is InChI=1S/C7H6O4.Pb/c8-7(9)5-3-1-2-4-6(5)11-10;/h1-4,10H,(H,8,9);/p-1. The van der Waals surface area contributed by atoms with E-state index in [1.54, 1.807) is 0 Å². The summed E-state index contributed by atoms with van der Waals surface area (Å²) >= 11 is 0. The molecule has 0 heterocycles. The first-order chi connectivity index (χ1) is 5.25. The van der Waals surface area contributed by atoms with Gasteiger partial charge in [-0.1, -0.05) is 12.1 Å². The minimum Gasteiger partial charge on any atom is -0.664 e. The number of hydrogen-bond donors (Lipinski definition) is 1. The second kappa shape index (κ2) is 5.09. The van der Waals surface area contributed by atoms with E-state index in [9.17, 15) is 10.1 Å². The molecule has 1 aromatic carbocycles. The summed E-state index contributed by atoms with van der Waals surface area (Å²) in [5.41, 5.74) is -0.123. The van der Waals surface area contributed by atoms with Crippen LogP contribution in [0.1, 0.15) is 10.4 Å². The molecule has 1 aromatic rings. The Hall–Kier alpha value is -0.628. The molecule has 4 nitrogen and oxygen atoms in total. The molecule has 0 fully saturated rings. The van der Waals surface area contributed by atoms with Crippen molar-refractivity contribution in [2.75, 3.05) is 0 Å².